The van der Waals surface area contributed by atoms with Crippen molar-refractivity contribution in [2.45, 2.75) is 36.0 Å². The van der Waals surface area contributed by atoms with Crippen LogP contribution in [0.15, 0.2) is 55.4 Å². The molecule has 0 spiro atoms. The molecule has 0 atom stereocenters. The number of aryl methyl sites for hydroxylation is 1. The van der Waals surface area contributed by atoms with Gasteiger partial charge in [-0.15, -0.1) is 0 Å². The highest BCUT2D eigenvalue weighted by atomic mass is 32.2. The minimum Gasteiger partial charge on any atom is -0.492 e. The van der Waals surface area contributed by atoms with E-state index in [1.807, 2.05) is 0 Å². The summed E-state index contributed by atoms with van der Waals surface area (Å²) in [6.45, 7) is 2.82. The monoisotopic (exact) mass is 495 g/mol. The standard InChI is InChI=1S/C21H25N3O7S2/c1-3-30-18-10-7-15(13-20(18)33(28,29)24-11-5-4-6-12-24)22-32(26,27)16-8-9-17-19(14-16)31-21(25)23(17)2/h7-10,13-14,22H,3-6,11-12H2,1-2H3. The molecule has 1 N–H and O–H groups in total. The van der Waals surface area contributed by atoms with E-state index in [1.54, 1.807) is 6.92 Å². The van der Waals surface area contributed by atoms with Gasteiger partial charge in [0.15, 0.2) is 5.58 Å². The third kappa shape index (κ3) is 4.50. The largest absolute Gasteiger partial charge is 0.492 e. The van der Waals surface area contributed by atoms with E-state index >= 15 is 0 Å². The number of piperidine rings is 1. The molecule has 4 rings (SSSR count). The number of fused-ring (bicyclic) bond motifs is 1. The van der Waals surface area contributed by atoms with Gasteiger partial charge in [-0.3, -0.25) is 9.29 Å². The molecule has 0 unspecified atom stereocenters. The lowest BCUT2D eigenvalue weighted by Gasteiger charge is -2.27. The highest BCUT2D eigenvalue weighted by Crippen LogP contribution is 2.32. The van der Waals surface area contributed by atoms with Gasteiger partial charge in [0, 0.05) is 26.2 Å². The molecule has 0 aliphatic carbocycles. The van der Waals surface area contributed by atoms with Gasteiger partial charge in [-0.25, -0.2) is 21.6 Å². The van der Waals surface area contributed by atoms with Crippen molar-refractivity contribution in [2.24, 2.45) is 7.05 Å². The van der Waals surface area contributed by atoms with Crippen LogP contribution in [-0.2, 0) is 27.1 Å². The fourth-order valence-corrected chi connectivity index (χ4v) is 6.53. The Morgan fingerprint density at radius 1 is 1.03 bits per heavy atom. The van der Waals surface area contributed by atoms with E-state index in [0.29, 0.717) is 18.6 Å². The second-order valence-electron chi connectivity index (χ2n) is 7.72. The van der Waals surface area contributed by atoms with Crippen LogP contribution in [0.3, 0.4) is 0 Å². The van der Waals surface area contributed by atoms with Gasteiger partial charge in [0.1, 0.15) is 10.6 Å². The maximum atomic E-state index is 13.3. The summed E-state index contributed by atoms with van der Waals surface area (Å²) in [5.41, 5.74) is 0.656. The van der Waals surface area contributed by atoms with Crippen LogP contribution in [0.4, 0.5) is 5.69 Å². The van der Waals surface area contributed by atoms with E-state index in [1.165, 1.54) is 52.3 Å². The average molecular weight is 496 g/mol. The summed E-state index contributed by atoms with van der Waals surface area (Å²) in [6.07, 6.45) is 2.51. The van der Waals surface area contributed by atoms with Gasteiger partial charge >= 0.3 is 5.76 Å². The average Bonchev–Trinajstić information content (AvgIpc) is 3.08. The molecule has 0 saturated carbocycles. The van der Waals surface area contributed by atoms with E-state index in [2.05, 4.69) is 4.72 Å². The van der Waals surface area contributed by atoms with E-state index in [4.69, 9.17) is 9.15 Å². The molecule has 1 aliphatic heterocycles. The van der Waals surface area contributed by atoms with Crippen molar-refractivity contribution in [2.75, 3.05) is 24.4 Å². The number of rotatable bonds is 7. The number of hydrogen-bond donors (Lipinski definition) is 1. The first-order valence-corrected chi connectivity index (χ1v) is 13.5. The number of nitrogens with zero attached hydrogens (tertiary/aromatic N) is 2. The number of ether oxygens (including phenoxy) is 1. The van der Waals surface area contributed by atoms with E-state index < -0.39 is 25.8 Å². The molecule has 12 heteroatoms. The normalized spacial score (nSPS) is 15.6. The van der Waals surface area contributed by atoms with Gasteiger partial charge in [-0.2, -0.15) is 4.31 Å². The smallest absolute Gasteiger partial charge is 0.419 e. The number of benzene rings is 2. The summed E-state index contributed by atoms with van der Waals surface area (Å²) in [5.74, 6) is -0.440. The van der Waals surface area contributed by atoms with Crippen molar-refractivity contribution in [1.29, 1.82) is 0 Å². The topological polar surface area (TPSA) is 128 Å². The molecular formula is C21H25N3O7S2. The fourth-order valence-electron chi connectivity index (χ4n) is 3.79. The lowest BCUT2D eigenvalue weighted by molar-refractivity contribution is 0.323. The molecule has 0 amide bonds. The minimum absolute atomic E-state index is 0.0728. The van der Waals surface area contributed by atoms with E-state index in [9.17, 15) is 21.6 Å². The van der Waals surface area contributed by atoms with Crippen LogP contribution in [0, 0.1) is 0 Å². The maximum absolute atomic E-state index is 13.3. The van der Waals surface area contributed by atoms with Crippen molar-refractivity contribution in [3.8, 4) is 5.75 Å². The predicted octanol–water partition coefficient (Wildman–Crippen LogP) is 2.51. The first-order valence-electron chi connectivity index (χ1n) is 10.5. The maximum Gasteiger partial charge on any atom is 0.419 e. The molecule has 0 radical (unpaired) electrons. The number of sulfonamides is 2. The second-order valence-corrected chi connectivity index (χ2v) is 11.3. The Balaban J connectivity index is 1.70. The van der Waals surface area contributed by atoms with Gasteiger partial charge in [0.2, 0.25) is 10.0 Å². The van der Waals surface area contributed by atoms with Crippen LogP contribution < -0.4 is 15.2 Å². The summed E-state index contributed by atoms with van der Waals surface area (Å²) < 4.78 is 68.2. The zero-order valence-corrected chi connectivity index (χ0v) is 19.9. The molecule has 1 aromatic heterocycles. The van der Waals surface area contributed by atoms with Gasteiger partial charge in [-0.05, 0) is 50.1 Å². The van der Waals surface area contributed by atoms with Crippen molar-refractivity contribution < 1.29 is 26.0 Å². The molecule has 0 bridgehead atoms. The zero-order chi connectivity index (χ0) is 23.8. The van der Waals surface area contributed by atoms with Crippen LogP contribution >= 0.6 is 0 Å². The van der Waals surface area contributed by atoms with Crippen LogP contribution in [0.5, 0.6) is 5.75 Å². The lowest BCUT2D eigenvalue weighted by Crippen LogP contribution is -2.35. The zero-order valence-electron chi connectivity index (χ0n) is 18.3. The van der Waals surface area contributed by atoms with Gasteiger partial charge in [0.05, 0.1) is 22.7 Å². The Labute approximate surface area is 191 Å². The highest BCUT2D eigenvalue weighted by Gasteiger charge is 2.30. The van der Waals surface area contributed by atoms with Gasteiger partial charge in [-0.1, -0.05) is 6.42 Å². The molecule has 10 nitrogen and oxygen atoms in total. The Kier molecular flexibility index (Phi) is 6.25. The summed E-state index contributed by atoms with van der Waals surface area (Å²) in [5, 5.41) is 0. The molecule has 1 saturated heterocycles. The Bertz CT molecular complexity index is 1450. The van der Waals surface area contributed by atoms with Crippen LogP contribution in [-0.4, -0.2) is 45.4 Å². The fraction of sp³-hybridized carbons (Fsp3) is 0.381. The molecular weight excluding hydrogens is 470 g/mol. The SMILES string of the molecule is CCOc1ccc(NS(=O)(=O)c2ccc3c(c2)oc(=O)n3C)cc1S(=O)(=O)N1CCCCC1. The Morgan fingerprint density at radius 3 is 2.45 bits per heavy atom. The molecule has 178 valence electrons. The lowest BCUT2D eigenvalue weighted by atomic mass is 10.2. The van der Waals surface area contributed by atoms with Crippen LogP contribution in [0.25, 0.3) is 11.1 Å². The number of aromatic nitrogens is 1. The summed E-state index contributed by atoms with van der Waals surface area (Å²) >= 11 is 0. The molecule has 1 aliphatic rings. The Morgan fingerprint density at radius 2 is 1.76 bits per heavy atom. The molecule has 3 aromatic rings. The number of oxazole rings is 1. The van der Waals surface area contributed by atoms with Gasteiger partial charge in [0.25, 0.3) is 10.0 Å². The molecule has 2 heterocycles. The first-order chi connectivity index (χ1) is 15.6. The third-order valence-electron chi connectivity index (χ3n) is 5.50. The summed E-state index contributed by atoms with van der Waals surface area (Å²) in [4.78, 5) is 11.5. The predicted molar refractivity (Wildman–Crippen MR) is 122 cm³/mol. The number of anilines is 1. The van der Waals surface area contributed by atoms with E-state index in [-0.39, 0.29) is 33.4 Å². The molecule has 2 aromatic carbocycles. The molecule has 1 fully saturated rings. The van der Waals surface area contributed by atoms with E-state index in [0.717, 1.165) is 19.3 Å². The minimum atomic E-state index is -4.09. The molecule has 33 heavy (non-hydrogen) atoms. The summed E-state index contributed by atoms with van der Waals surface area (Å²) in [7, 11) is -6.44. The van der Waals surface area contributed by atoms with Crippen molar-refractivity contribution in [1.82, 2.24) is 8.87 Å². The highest BCUT2D eigenvalue weighted by molar-refractivity contribution is 7.92. The Hall–Kier alpha value is -2.83. The first kappa shape index (κ1) is 23.3. The van der Waals surface area contributed by atoms with Crippen LogP contribution in [0.1, 0.15) is 26.2 Å². The second kappa shape index (κ2) is 8.84. The van der Waals surface area contributed by atoms with Crippen molar-refractivity contribution >= 4 is 36.8 Å². The number of nitrogens with one attached hydrogen (secondary N) is 1. The van der Waals surface area contributed by atoms with Crippen molar-refractivity contribution in [3.63, 3.8) is 0 Å². The number of hydrogen-bond acceptors (Lipinski definition) is 7. The van der Waals surface area contributed by atoms with Crippen LogP contribution in [0.2, 0.25) is 0 Å². The third-order valence-corrected chi connectivity index (χ3v) is 8.80. The quantitative estimate of drug-likeness (QED) is 0.533. The van der Waals surface area contributed by atoms with Gasteiger partial charge < -0.3 is 9.15 Å². The summed E-state index contributed by atoms with van der Waals surface area (Å²) in [6, 6.07) is 8.22. The van der Waals surface area contributed by atoms with Crippen molar-refractivity contribution in [3.05, 3.63) is 46.9 Å².